The molecule has 7 heteroatoms. The molecule has 0 saturated carbocycles. The first-order valence-corrected chi connectivity index (χ1v) is 10.6. The van der Waals surface area contributed by atoms with Gasteiger partial charge in [0.25, 0.3) is 0 Å². The number of nitrogens with zero attached hydrogens (tertiary/aromatic N) is 5. The molecule has 0 radical (unpaired) electrons. The number of aromatic nitrogens is 3. The molecule has 0 amide bonds. The molecule has 3 heterocycles. The molecule has 29 heavy (non-hydrogen) atoms. The van der Waals surface area contributed by atoms with Crippen LogP contribution >= 0.6 is 11.3 Å². The van der Waals surface area contributed by atoms with Gasteiger partial charge in [0.15, 0.2) is 0 Å². The number of anilines is 1. The summed E-state index contributed by atoms with van der Waals surface area (Å²) < 4.78 is 5.50. The van der Waals surface area contributed by atoms with Crippen LogP contribution in [0, 0.1) is 0 Å². The van der Waals surface area contributed by atoms with Gasteiger partial charge in [0.2, 0.25) is 5.82 Å². The molecule has 1 aliphatic heterocycles. The highest BCUT2D eigenvalue weighted by Gasteiger charge is 2.22. The molecule has 146 valence electrons. The molecule has 2 aromatic heterocycles. The van der Waals surface area contributed by atoms with Crippen LogP contribution in [0.25, 0.3) is 22.0 Å². The summed E-state index contributed by atoms with van der Waals surface area (Å²) in [5.41, 5.74) is 3.28. The van der Waals surface area contributed by atoms with Crippen LogP contribution in [-0.2, 0) is 6.54 Å². The monoisotopic (exact) mass is 403 g/mol. The van der Waals surface area contributed by atoms with Gasteiger partial charge in [0, 0.05) is 49.2 Å². The molecule has 1 fully saturated rings. The fourth-order valence-electron chi connectivity index (χ4n) is 3.47. The first-order valence-electron chi connectivity index (χ1n) is 9.71. The number of hydrogen-bond donors (Lipinski definition) is 0. The lowest BCUT2D eigenvalue weighted by molar-refractivity contribution is 0.240. The van der Waals surface area contributed by atoms with Crippen molar-refractivity contribution in [3.05, 3.63) is 71.7 Å². The molecular formula is C22H21N5OS. The molecule has 0 N–H and O–H groups in total. The highest BCUT2D eigenvalue weighted by molar-refractivity contribution is 7.13. The fourth-order valence-corrected chi connectivity index (χ4v) is 4.28. The van der Waals surface area contributed by atoms with Crippen molar-refractivity contribution in [3.8, 4) is 22.0 Å². The highest BCUT2D eigenvalue weighted by Crippen LogP contribution is 2.25. The standard InChI is InChI=1S/C22H21N5OS/c1-3-7-17(8-4-1)20-24-22(28-25-20)27-13-11-26(12-14-27)15-19-16-29-21(23-19)18-9-5-2-6-10-18/h1-10,16H,11-15H2. The first kappa shape index (κ1) is 18.0. The van der Waals surface area contributed by atoms with E-state index in [1.54, 1.807) is 11.3 Å². The van der Waals surface area contributed by atoms with Crippen molar-refractivity contribution in [2.75, 3.05) is 31.1 Å². The van der Waals surface area contributed by atoms with E-state index < -0.39 is 0 Å². The summed E-state index contributed by atoms with van der Waals surface area (Å²) in [5.74, 6) is 0.638. The zero-order valence-electron chi connectivity index (χ0n) is 15.9. The minimum atomic E-state index is 0.600. The molecule has 0 bridgehead atoms. The van der Waals surface area contributed by atoms with E-state index in [0.29, 0.717) is 11.8 Å². The first-order chi connectivity index (χ1) is 14.3. The Morgan fingerprint density at radius 3 is 2.24 bits per heavy atom. The molecule has 0 spiro atoms. The fraction of sp³-hybridized carbons (Fsp3) is 0.227. The average molecular weight is 404 g/mol. The van der Waals surface area contributed by atoms with Crippen molar-refractivity contribution in [3.63, 3.8) is 0 Å². The lowest BCUT2D eigenvalue weighted by Gasteiger charge is -2.33. The molecule has 1 aliphatic rings. The van der Waals surface area contributed by atoms with Crippen LogP contribution in [0.2, 0.25) is 0 Å². The normalized spacial score (nSPS) is 15.0. The Balaban J connectivity index is 1.18. The van der Waals surface area contributed by atoms with Gasteiger partial charge in [-0.05, 0) is 0 Å². The Kier molecular flexibility index (Phi) is 5.06. The van der Waals surface area contributed by atoms with Gasteiger partial charge in [-0.2, -0.15) is 4.98 Å². The van der Waals surface area contributed by atoms with Gasteiger partial charge in [-0.1, -0.05) is 65.8 Å². The van der Waals surface area contributed by atoms with Crippen LogP contribution in [0.15, 0.2) is 70.6 Å². The molecule has 1 saturated heterocycles. The highest BCUT2D eigenvalue weighted by atomic mass is 32.1. The number of hydrogen-bond acceptors (Lipinski definition) is 7. The van der Waals surface area contributed by atoms with Gasteiger partial charge in [-0.15, -0.1) is 11.3 Å². The summed E-state index contributed by atoms with van der Waals surface area (Å²) >= 11 is 1.71. The largest absolute Gasteiger partial charge is 0.324 e. The quantitative estimate of drug-likeness (QED) is 0.498. The maximum atomic E-state index is 5.50. The number of rotatable bonds is 5. The van der Waals surface area contributed by atoms with E-state index in [0.717, 1.165) is 49.0 Å². The van der Waals surface area contributed by atoms with Gasteiger partial charge < -0.3 is 9.42 Å². The number of thiazole rings is 1. The second-order valence-corrected chi connectivity index (χ2v) is 7.90. The zero-order chi connectivity index (χ0) is 19.5. The molecule has 6 nitrogen and oxygen atoms in total. The van der Waals surface area contributed by atoms with Gasteiger partial charge in [0.05, 0.1) is 5.69 Å². The summed E-state index contributed by atoms with van der Waals surface area (Å²) in [6, 6.07) is 20.9. The summed E-state index contributed by atoms with van der Waals surface area (Å²) in [4.78, 5) is 14.0. The Morgan fingerprint density at radius 2 is 1.52 bits per heavy atom. The molecule has 0 unspecified atom stereocenters. The van der Waals surface area contributed by atoms with Gasteiger partial charge >= 0.3 is 6.01 Å². The molecule has 4 aromatic rings. The molecule has 2 aromatic carbocycles. The van der Waals surface area contributed by atoms with Crippen molar-refractivity contribution in [2.45, 2.75) is 6.54 Å². The number of benzene rings is 2. The predicted molar refractivity (Wildman–Crippen MR) is 115 cm³/mol. The van der Waals surface area contributed by atoms with Crippen LogP contribution in [0.5, 0.6) is 0 Å². The smallest absolute Gasteiger partial charge is 0.322 e. The Hall–Kier alpha value is -3.03. The third-order valence-corrected chi connectivity index (χ3v) is 5.99. The maximum Gasteiger partial charge on any atom is 0.324 e. The Labute approximate surface area is 173 Å². The topological polar surface area (TPSA) is 58.3 Å². The van der Waals surface area contributed by atoms with Gasteiger partial charge in [-0.25, -0.2) is 4.98 Å². The van der Waals surface area contributed by atoms with E-state index in [4.69, 9.17) is 9.51 Å². The van der Waals surface area contributed by atoms with E-state index in [9.17, 15) is 0 Å². The third-order valence-electron chi connectivity index (χ3n) is 5.05. The Morgan fingerprint density at radius 1 is 0.828 bits per heavy atom. The molecule has 5 rings (SSSR count). The van der Waals surface area contributed by atoms with Crippen LogP contribution < -0.4 is 4.90 Å². The van der Waals surface area contributed by atoms with Crippen LogP contribution in [0.3, 0.4) is 0 Å². The van der Waals surface area contributed by atoms with Gasteiger partial charge in [-0.3, -0.25) is 4.90 Å². The van der Waals surface area contributed by atoms with E-state index >= 15 is 0 Å². The minimum Gasteiger partial charge on any atom is -0.322 e. The van der Waals surface area contributed by atoms with E-state index in [2.05, 4.69) is 49.6 Å². The summed E-state index contributed by atoms with van der Waals surface area (Å²) in [5, 5.41) is 7.38. The van der Waals surface area contributed by atoms with Crippen molar-refractivity contribution in [1.82, 2.24) is 20.0 Å². The van der Waals surface area contributed by atoms with E-state index in [-0.39, 0.29) is 0 Å². The van der Waals surface area contributed by atoms with Crippen molar-refractivity contribution < 1.29 is 4.52 Å². The predicted octanol–water partition coefficient (Wildman–Crippen LogP) is 4.18. The SMILES string of the molecule is c1ccc(-c2noc(N3CCN(Cc4csc(-c5ccccc5)n4)CC3)n2)cc1. The lowest BCUT2D eigenvalue weighted by atomic mass is 10.2. The zero-order valence-corrected chi connectivity index (χ0v) is 16.8. The van der Waals surface area contributed by atoms with E-state index in [1.165, 1.54) is 5.56 Å². The van der Waals surface area contributed by atoms with Crippen molar-refractivity contribution >= 4 is 17.4 Å². The Bertz CT molecular complexity index is 1060. The van der Waals surface area contributed by atoms with Crippen LogP contribution in [0.4, 0.5) is 6.01 Å². The molecular weight excluding hydrogens is 382 g/mol. The third kappa shape index (κ3) is 4.06. The van der Waals surface area contributed by atoms with Crippen LogP contribution in [0.1, 0.15) is 5.69 Å². The van der Waals surface area contributed by atoms with E-state index in [1.807, 2.05) is 36.4 Å². The maximum absolute atomic E-state index is 5.50. The summed E-state index contributed by atoms with van der Waals surface area (Å²) in [6.45, 7) is 4.50. The lowest BCUT2D eigenvalue weighted by Crippen LogP contribution is -2.46. The summed E-state index contributed by atoms with van der Waals surface area (Å²) in [6.07, 6.45) is 0. The second kappa shape index (κ2) is 8.14. The summed E-state index contributed by atoms with van der Waals surface area (Å²) in [7, 11) is 0. The molecule has 0 atom stereocenters. The van der Waals surface area contributed by atoms with Crippen molar-refractivity contribution in [1.29, 1.82) is 0 Å². The molecule has 0 aliphatic carbocycles. The van der Waals surface area contributed by atoms with Crippen molar-refractivity contribution in [2.24, 2.45) is 0 Å². The second-order valence-electron chi connectivity index (χ2n) is 7.04. The number of piperazine rings is 1. The van der Waals surface area contributed by atoms with Crippen LogP contribution in [-0.4, -0.2) is 46.2 Å². The minimum absolute atomic E-state index is 0.600. The average Bonchev–Trinajstić information content (AvgIpc) is 3.46. The van der Waals surface area contributed by atoms with Gasteiger partial charge in [0.1, 0.15) is 5.01 Å².